The van der Waals surface area contributed by atoms with Crippen molar-refractivity contribution in [1.29, 1.82) is 0 Å². The van der Waals surface area contributed by atoms with E-state index in [-0.39, 0.29) is 16.5 Å². The smallest absolute Gasteiger partial charge is 0.179 e. The van der Waals surface area contributed by atoms with E-state index in [1.54, 1.807) is 31.2 Å². The fraction of sp³-hybridized carbons (Fsp3) is 0.462. The minimum atomic E-state index is -3.43. The minimum absolute atomic E-state index is 0.0194. The van der Waals surface area contributed by atoms with Crippen molar-refractivity contribution in [1.82, 2.24) is 0 Å². The third kappa shape index (κ3) is 3.56. The van der Waals surface area contributed by atoms with Gasteiger partial charge in [-0.1, -0.05) is 37.6 Å². The van der Waals surface area contributed by atoms with Gasteiger partial charge in [0.25, 0.3) is 0 Å². The van der Waals surface area contributed by atoms with Gasteiger partial charge in [-0.25, -0.2) is 8.42 Å². The number of Topliss-reactive ketones (excluding diaryl/α,β-unsaturated/α-hetero) is 1. The number of sulfone groups is 1. The van der Waals surface area contributed by atoms with Crippen molar-refractivity contribution in [2.24, 2.45) is 5.92 Å². The molecular formula is C13H17ClO3S. The second-order valence-corrected chi connectivity index (χ2v) is 7.42. The quantitative estimate of drug-likeness (QED) is 0.783. The minimum Gasteiger partial charge on any atom is -0.293 e. The molecule has 0 saturated carbocycles. The molecule has 1 rings (SSSR count). The van der Waals surface area contributed by atoms with Crippen molar-refractivity contribution in [3.8, 4) is 0 Å². The maximum atomic E-state index is 12.0. The summed E-state index contributed by atoms with van der Waals surface area (Å²) in [5, 5.41) is -0.251. The lowest BCUT2D eigenvalue weighted by Crippen LogP contribution is -2.29. The van der Waals surface area contributed by atoms with E-state index >= 15 is 0 Å². The summed E-state index contributed by atoms with van der Waals surface area (Å²) >= 11 is 5.87. The van der Waals surface area contributed by atoms with Crippen LogP contribution in [0.1, 0.15) is 31.1 Å². The number of rotatable bonds is 5. The van der Waals surface area contributed by atoms with Crippen LogP contribution in [0.5, 0.6) is 0 Å². The molecule has 1 aromatic rings. The van der Waals surface area contributed by atoms with Crippen LogP contribution in [0.3, 0.4) is 0 Å². The fourth-order valence-corrected chi connectivity index (χ4v) is 3.35. The first-order valence-corrected chi connectivity index (χ1v) is 7.84. The summed E-state index contributed by atoms with van der Waals surface area (Å²) < 4.78 is 24.0. The molecule has 1 unspecified atom stereocenters. The van der Waals surface area contributed by atoms with Crippen LogP contribution in [0.25, 0.3) is 0 Å². The van der Waals surface area contributed by atoms with Gasteiger partial charge < -0.3 is 0 Å². The average molecular weight is 289 g/mol. The van der Waals surface area contributed by atoms with Gasteiger partial charge in [0, 0.05) is 5.56 Å². The molecule has 0 heterocycles. The predicted molar refractivity (Wildman–Crippen MR) is 73.9 cm³/mol. The molecule has 1 aromatic carbocycles. The van der Waals surface area contributed by atoms with Crippen LogP contribution in [-0.2, 0) is 9.84 Å². The maximum absolute atomic E-state index is 12.0. The normalized spacial score (nSPS) is 13.6. The monoisotopic (exact) mass is 288 g/mol. The molecule has 1 atom stereocenters. The van der Waals surface area contributed by atoms with Crippen LogP contribution in [0.2, 0.25) is 5.02 Å². The Morgan fingerprint density at radius 1 is 1.22 bits per heavy atom. The van der Waals surface area contributed by atoms with E-state index in [0.29, 0.717) is 0 Å². The first kappa shape index (κ1) is 15.2. The Morgan fingerprint density at radius 2 is 1.78 bits per heavy atom. The van der Waals surface area contributed by atoms with E-state index in [0.717, 1.165) is 0 Å². The number of carbonyl (C=O) groups excluding carboxylic acids is 1. The predicted octanol–water partition coefficient (Wildman–Crippen LogP) is 2.98. The molecular weight excluding hydrogens is 272 g/mol. The number of hydrogen-bond donors (Lipinski definition) is 0. The van der Waals surface area contributed by atoms with Crippen molar-refractivity contribution in [2.75, 3.05) is 5.75 Å². The largest absolute Gasteiger partial charge is 0.293 e. The van der Waals surface area contributed by atoms with Gasteiger partial charge in [-0.2, -0.15) is 0 Å². The van der Waals surface area contributed by atoms with Crippen molar-refractivity contribution < 1.29 is 13.2 Å². The summed E-state index contributed by atoms with van der Waals surface area (Å²) in [6.45, 7) is 5.27. The van der Waals surface area contributed by atoms with Gasteiger partial charge >= 0.3 is 0 Å². The van der Waals surface area contributed by atoms with E-state index in [1.165, 1.54) is 0 Å². The molecule has 0 radical (unpaired) electrons. The maximum Gasteiger partial charge on any atom is 0.179 e. The number of ketones is 1. The summed E-state index contributed by atoms with van der Waals surface area (Å²) in [6.07, 6.45) is 0. The molecule has 18 heavy (non-hydrogen) atoms. The highest BCUT2D eigenvalue weighted by Crippen LogP contribution is 2.19. The Hall–Kier alpha value is -0.870. The molecule has 0 aliphatic carbocycles. The summed E-state index contributed by atoms with van der Waals surface area (Å²) in [4.78, 5) is 11.9. The van der Waals surface area contributed by atoms with E-state index in [9.17, 15) is 13.2 Å². The highest BCUT2D eigenvalue weighted by atomic mass is 35.5. The first-order chi connectivity index (χ1) is 8.25. The van der Waals surface area contributed by atoms with Crippen molar-refractivity contribution in [3.63, 3.8) is 0 Å². The van der Waals surface area contributed by atoms with Crippen LogP contribution < -0.4 is 0 Å². The third-order valence-electron chi connectivity index (χ3n) is 3.01. The first-order valence-electron chi connectivity index (χ1n) is 5.75. The summed E-state index contributed by atoms with van der Waals surface area (Å²) in [7, 11) is -3.43. The summed E-state index contributed by atoms with van der Waals surface area (Å²) in [5.74, 6) is -0.960. The Morgan fingerprint density at radius 3 is 2.28 bits per heavy atom. The van der Waals surface area contributed by atoms with Crippen LogP contribution in [-0.4, -0.2) is 25.2 Å². The van der Waals surface area contributed by atoms with Crippen LogP contribution in [0.15, 0.2) is 24.3 Å². The Labute approximate surface area is 113 Å². The topological polar surface area (TPSA) is 51.2 Å². The number of benzene rings is 1. The van der Waals surface area contributed by atoms with Crippen LogP contribution in [0.4, 0.5) is 0 Å². The molecule has 0 spiro atoms. The lowest BCUT2D eigenvalue weighted by Gasteiger charge is -2.15. The highest BCUT2D eigenvalue weighted by molar-refractivity contribution is 7.92. The molecule has 0 N–H and O–H groups in total. The molecule has 5 heteroatoms. The molecule has 0 fully saturated rings. The third-order valence-corrected chi connectivity index (χ3v) is 5.68. The highest BCUT2D eigenvalue weighted by Gasteiger charge is 2.27. The van der Waals surface area contributed by atoms with E-state index < -0.39 is 26.6 Å². The lowest BCUT2D eigenvalue weighted by atomic mass is 10.1. The zero-order chi connectivity index (χ0) is 13.9. The Kier molecular flexibility index (Phi) is 4.93. The SMILES string of the molecule is CC(C)C(C)S(=O)(=O)CC(=O)c1ccccc1Cl. The summed E-state index contributed by atoms with van der Waals surface area (Å²) in [6, 6.07) is 6.48. The molecule has 0 bridgehead atoms. The second-order valence-electron chi connectivity index (χ2n) is 4.66. The van der Waals surface area contributed by atoms with Gasteiger partial charge in [0.15, 0.2) is 15.6 Å². The molecule has 0 amide bonds. The van der Waals surface area contributed by atoms with Gasteiger partial charge in [-0.15, -0.1) is 0 Å². The van der Waals surface area contributed by atoms with Gasteiger partial charge in [-0.05, 0) is 25.0 Å². The molecule has 0 aliphatic rings. The standard InChI is InChI=1S/C13H17ClO3S/c1-9(2)10(3)18(16,17)8-13(15)11-6-4-5-7-12(11)14/h4-7,9-10H,8H2,1-3H3. The van der Waals surface area contributed by atoms with E-state index in [4.69, 9.17) is 11.6 Å². The Bertz CT molecular complexity index is 535. The molecule has 3 nitrogen and oxygen atoms in total. The average Bonchev–Trinajstić information content (AvgIpc) is 2.27. The zero-order valence-corrected chi connectivity index (χ0v) is 12.3. The van der Waals surface area contributed by atoms with Gasteiger partial charge in [0.05, 0.1) is 10.3 Å². The number of halogens is 1. The van der Waals surface area contributed by atoms with Crippen molar-refractivity contribution >= 4 is 27.2 Å². The molecule has 0 aromatic heterocycles. The summed E-state index contributed by atoms with van der Waals surface area (Å²) in [5.41, 5.74) is 0.263. The lowest BCUT2D eigenvalue weighted by molar-refractivity contribution is 0.102. The van der Waals surface area contributed by atoms with Gasteiger partial charge in [0.2, 0.25) is 0 Å². The van der Waals surface area contributed by atoms with Gasteiger partial charge in [-0.3, -0.25) is 4.79 Å². The van der Waals surface area contributed by atoms with Crippen LogP contribution in [0, 0.1) is 5.92 Å². The number of hydrogen-bond acceptors (Lipinski definition) is 3. The number of carbonyl (C=O) groups is 1. The van der Waals surface area contributed by atoms with Crippen LogP contribution >= 0.6 is 11.6 Å². The molecule has 0 saturated heterocycles. The van der Waals surface area contributed by atoms with Crippen molar-refractivity contribution in [3.05, 3.63) is 34.9 Å². The van der Waals surface area contributed by atoms with E-state index in [2.05, 4.69) is 0 Å². The fourth-order valence-electron chi connectivity index (χ4n) is 1.49. The van der Waals surface area contributed by atoms with Gasteiger partial charge in [0.1, 0.15) is 5.75 Å². The molecule has 100 valence electrons. The second kappa shape index (κ2) is 5.85. The molecule has 0 aliphatic heterocycles. The van der Waals surface area contributed by atoms with E-state index in [1.807, 2.05) is 13.8 Å². The zero-order valence-electron chi connectivity index (χ0n) is 10.7. The Balaban J connectivity index is 2.93. The van der Waals surface area contributed by atoms with Crippen molar-refractivity contribution in [2.45, 2.75) is 26.0 Å².